The van der Waals surface area contributed by atoms with Crippen molar-refractivity contribution in [2.45, 2.75) is 70.3 Å². The molecule has 0 bridgehead atoms. The fraction of sp³-hybridized carbons (Fsp3) is 1.00. The first-order chi connectivity index (χ1) is 7.87. The molecule has 0 aromatic carbocycles. The molecule has 2 N–H and O–H groups in total. The molecule has 3 atom stereocenters. The molecule has 5 heteroatoms. The van der Waals surface area contributed by atoms with E-state index in [4.69, 9.17) is 0 Å². The monoisotopic (exact) mass is 252 g/mol. The van der Waals surface area contributed by atoms with Crippen LogP contribution >= 0.6 is 0 Å². The molecule has 1 fully saturated rings. The highest BCUT2D eigenvalue weighted by Gasteiger charge is 2.30. The van der Waals surface area contributed by atoms with Crippen LogP contribution in [0.1, 0.15) is 46.0 Å². The van der Waals surface area contributed by atoms with Crippen LogP contribution in [0, 0.1) is 0 Å². The lowest BCUT2D eigenvalue weighted by Crippen LogP contribution is -2.43. The number of halogens is 3. The van der Waals surface area contributed by atoms with Gasteiger partial charge < -0.3 is 10.6 Å². The summed E-state index contributed by atoms with van der Waals surface area (Å²) in [6.45, 7) is 4.59. The Bertz CT molecular complexity index is 212. The summed E-state index contributed by atoms with van der Waals surface area (Å²) in [7, 11) is 0. The van der Waals surface area contributed by atoms with E-state index in [-0.39, 0.29) is 6.04 Å². The van der Waals surface area contributed by atoms with Crippen molar-refractivity contribution in [2.75, 3.05) is 6.54 Å². The Labute approximate surface area is 101 Å². The third-order valence-corrected chi connectivity index (χ3v) is 3.16. The summed E-state index contributed by atoms with van der Waals surface area (Å²) < 4.78 is 36.5. The first-order valence-corrected chi connectivity index (χ1v) is 6.43. The zero-order chi connectivity index (χ0) is 12.9. The largest absolute Gasteiger partial charge is 0.390 e. The van der Waals surface area contributed by atoms with Gasteiger partial charge in [0.05, 0.1) is 6.42 Å². The average Bonchev–Trinajstić information content (AvgIpc) is 2.15. The van der Waals surface area contributed by atoms with Crippen LogP contribution in [0.5, 0.6) is 0 Å². The van der Waals surface area contributed by atoms with Crippen LogP contribution in [-0.2, 0) is 0 Å². The van der Waals surface area contributed by atoms with Crippen LogP contribution in [-0.4, -0.2) is 30.8 Å². The third kappa shape index (κ3) is 6.88. The second kappa shape index (κ2) is 6.59. The van der Waals surface area contributed by atoms with Crippen LogP contribution in [0.15, 0.2) is 0 Å². The number of alkyl halides is 3. The number of hydrogen-bond donors (Lipinski definition) is 2. The zero-order valence-corrected chi connectivity index (χ0v) is 10.6. The number of nitrogens with one attached hydrogen (secondary N) is 2. The van der Waals surface area contributed by atoms with Crippen molar-refractivity contribution in [3.63, 3.8) is 0 Å². The molecule has 0 spiro atoms. The maximum atomic E-state index is 12.2. The van der Waals surface area contributed by atoms with E-state index in [9.17, 15) is 13.2 Å². The van der Waals surface area contributed by atoms with Gasteiger partial charge in [-0.05, 0) is 39.7 Å². The molecule has 0 aromatic rings. The van der Waals surface area contributed by atoms with Gasteiger partial charge in [-0.3, -0.25) is 0 Å². The lowest BCUT2D eigenvalue weighted by molar-refractivity contribution is -0.139. The van der Waals surface area contributed by atoms with Gasteiger partial charge in [0.2, 0.25) is 0 Å². The van der Waals surface area contributed by atoms with Gasteiger partial charge in [-0.2, -0.15) is 13.2 Å². The van der Waals surface area contributed by atoms with Crippen molar-refractivity contribution in [3.05, 3.63) is 0 Å². The lowest BCUT2D eigenvalue weighted by atomic mass is 9.98. The highest BCUT2D eigenvalue weighted by Crippen LogP contribution is 2.22. The summed E-state index contributed by atoms with van der Waals surface area (Å²) >= 11 is 0. The SMILES string of the molecule is CC(CC1CCCCN1)NC(C)CC(F)(F)F. The summed E-state index contributed by atoms with van der Waals surface area (Å²) in [6, 6.07) is 0.0841. The molecule has 1 aliphatic heterocycles. The van der Waals surface area contributed by atoms with Crippen molar-refractivity contribution in [1.29, 1.82) is 0 Å². The molecule has 1 heterocycles. The maximum absolute atomic E-state index is 12.2. The predicted octanol–water partition coefficient (Wildman–Crippen LogP) is 2.84. The molecule has 0 saturated carbocycles. The van der Waals surface area contributed by atoms with Crippen molar-refractivity contribution in [1.82, 2.24) is 10.6 Å². The zero-order valence-electron chi connectivity index (χ0n) is 10.6. The highest BCUT2D eigenvalue weighted by molar-refractivity contribution is 4.79. The second-order valence-electron chi connectivity index (χ2n) is 5.17. The molecular weight excluding hydrogens is 229 g/mol. The lowest BCUT2D eigenvalue weighted by Gasteiger charge is -2.28. The molecule has 0 aromatic heterocycles. The van der Waals surface area contributed by atoms with Gasteiger partial charge in [-0.15, -0.1) is 0 Å². The Kier molecular flexibility index (Phi) is 5.73. The first kappa shape index (κ1) is 14.8. The van der Waals surface area contributed by atoms with E-state index in [0.29, 0.717) is 6.04 Å². The summed E-state index contributed by atoms with van der Waals surface area (Å²) in [4.78, 5) is 0. The fourth-order valence-corrected chi connectivity index (χ4v) is 2.51. The Balaban J connectivity index is 2.21. The van der Waals surface area contributed by atoms with Crippen molar-refractivity contribution < 1.29 is 13.2 Å². The molecule has 2 nitrogen and oxygen atoms in total. The van der Waals surface area contributed by atoms with Gasteiger partial charge in [-0.25, -0.2) is 0 Å². The Morgan fingerprint density at radius 1 is 1.24 bits per heavy atom. The van der Waals surface area contributed by atoms with E-state index in [1.165, 1.54) is 12.8 Å². The number of rotatable bonds is 5. The van der Waals surface area contributed by atoms with E-state index >= 15 is 0 Å². The summed E-state index contributed by atoms with van der Waals surface area (Å²) in [5.74, 6) is 0. The highest BCUT2D eigenvalue weighted by atomic mass is 19.4. The number of hydrogen-bond acceptors (Lipinski definition) is 2. The predicted molar refractivity (Wildman–Crippen MR) is 63.0 cm³/mol. The van der Waals surface area contributed by atoms with E-state index in [2.05, 4.69) is 10.6 Å². The first-order valence-electron chi connectivity index (χ1n) is 6.43. The average molecular weight is 252 g/mol. The molecule has 102 valence electrons. The van der Waals surface area contributed by atoms with E-state index in [0.717, 1.165) is 19.4 Å². The number of piperidine rings is 1. The summed E-state index contributed by atoms with van der Waals surface area (Å²) in [5, 5.41) is 6.43. The van der Waals surface area contributed by atoms with Crippen LogP contribution in [0.2, 0.25) is 0 Å². The minimum atomic E-state index is -4.07. The molecule has 0 radical (unpaired) electrons. The topological polar surface area (TPSA) is 24.1 Å². The second-order valence-corrected chi connectivity index (χ2v) is 5.17. The standard InChI is InChI=1S/C12H23F3N2/c1-9(7-11-5-3-4-6-16-11)17-10(2)8-12(13,14)15/h9-11,16-17H,3-8H2,1-2H3. The van der Waals surface area contributed by atoms with Crippen molar-refractivity contribution in [2.24, 2.45) is 0 Å². The van der Waals surface area contributed by atoms with Gasteiger partial charge in [0.1, 0.15) is 0 Å². The van der Waals surface area contributed by atoms with Gasteiger partial charge in [-0.1, -0.05) is 6.42 Å². The summed E-state index contributed by atoms with van der Waals surface area (Å²) in [6.07, 6.45) is -0.349. The van der Waals surface area contributed by atoms with E-state index in [1.807, 2.05) is 6.92 Å². The molecule has 1 saturated heterocycles. The Hall–Kier alpha value is -0.290. The van der Waals surface area contributed by atoms with E-state index in [1.54, 1.807) is 6.92 Å². The molecule has 0 amide bonds. The molecular formula is C12H23F3N2. The molecule has 0 aliphatic carbocycles. The Morgan fingerprint density at radius 3 is 2.47 bits per heavy atom. The van der Waals surface area contributed by atoms with Crippen LogP contribution < -0.4 is 10.6 Å². The fourth-order valence-electron chi connectivity index (χ4n) is 2.51. The van der Waals surface area contributed by atoms with Crippen molar-refractivity contribution in [3.8, 4) is 0 Å². The summed E-state index contributed by atoms with van der Waals surface area (Å²) in [5.41, 5.74) is 0. The smallest absolute Gasteiger partial charge is 0.314 e. The Morgan fingerprint density at radius 2 is 1.94 bits per heavy atom. The molecule has 1 aliphatic rings. The maximum Gasteiger partial charge on any atom is 0.390 e. The van der Waals surface area contributed by atoms with Crippen molar-refractivity contribution >= 4 is 0 Å². The van der Waals surface area contributed by atoms with Gasteiger partial charge >= 0.3 is 6.18 Å². The van der Waals surface area contributed by atoms with E-state index < -0.39 is 18.6 Å². The van der Waals surface area contributed by atoms with Gasteiger partial charge in [0.25, 0.3) is 0 Å². The minimum absolute atomic E-state index is 0.128. The van der Waals surface area contributed by atoms with Crippen LogP contribution in [0.3, 0.4) is 0 Å². The van der Waals surface area contributed by atoms with Gasteiger partial charge in [0.15, 0.2) is 0 Å². The molecule has 1 rings (SSSR count). The van der Waals surface area contributed by atoms with Crippen LogP contribution in [0.4, 0.5) is 13.2 Å². The van der Waals surface area contributed by atoms with Crippen LogP contribution in [0.25, 0.3) is 0 Å². The minimum Gasteiger partial charge on any atom is -0.314 e. The normalized spacial score (nSPS) is 25.6. The van der Waals surface area contributed by atoms with Gasteiger partial charge in [0, 0.05) is 18.1 Å². The quantitative estimate of drug-likeness (QED) is 0.786. The molecule has 17 heavy (non-hydrogen) atoms. The molecule has 3 unspecified atom stereocenters. The third-order valence-electron chi connectivity index (χ3n) is 3.16.